The van der Waals surface area contributed by atoms with Crippen molar-refractivity contribution in [1.29, 1.82) is 0 Å². The Labute approximate surface area is 170 Å². The zero-order chi connectivity index (χ0) is 20.7. The van der Waals surface area contributed by atoms with E-state index >= 15 is 0 Å². The molecular formula is C23H26N2O4. The zero-order valence-electron chi connectivity index (χ0n) is 16.4. The van der Waals surface area contributed by atoms with Crippen molar-refractivity contribution in [3.05, 3.63) is 65.7 Å². The molecule has 6 heteroatoms. The van der Waals surface area contributed by atoms with Gasteiger partial charge >= 0.3 is 5.97 Å². The van der Waals surface area contributed by atoms with Gasteiger partial charge < -0.3 is 15.8 Å². The quantitative estimate of drug-likeness (QED) is 0.703. The number of hydrogen-bond donors (Lipinski definition) is 2. The Morgan fingerprint density at radius 2 is 1.59 bits per heavy atom. The van der Waals surface area contributed by atoms with Crippen LogP contribution in [0.1, 0.15) is 48.0 Å². The number of esters is 1. The van der Waals surface area contributed by atoms with Gasteiger partial charge in [-0.25, -0.2) is 0 Å². The maximum Gasteiger partial charge on any atom is 0.312 e. The molecule has 2 aromatic carbocycles. The molecule has 0 radical (unpaired) electrons. The number of primary amides is 1. The molecule has 6 nitrogen and oxygen atoms in total. The van der Waals surface area contributed by atoms with Crippen molar-refractivity contribution in [2.45, 2.75) is 38.5 Å². The van der Waals surface area contributed by atoms with Crippen molar-refractivity contribution < 1.29 is 19.1 Å². The van der Waals surface area contributed by atoms with E-state index in [1.54, 1.807) is 12.1 Å². The van der Waals surface area contributed by atoms with Gasteiger partial charge in [0.1, 0.15) is 0 Å². The summed E-state index contributed by atoms with van der Waals surface area (Å²) in [5.41, 5.74) is 6.60. The van der Waals surface area contributed by atoms with E-state index in [2.05, 4.69) is 5.32 Å². The highest BCUT2D eigenvalue weighted by Crippen LogP contribution is 2.40. The summed E-state index contributed by atoms with van der Waals surface area (Å²) in [5, 5.41) is 2.66. The minimum Gasteiger partial charge on any atom is -0.455 e. The van der Waals surface area contributed by atoms with Crippen LogP contribution in [0.2, 0.25) is 0 Å². The summed E-state index contributed by atoms with van der Waals surface area (Å²) in [6, 6.07) is 16.1. The number of rotatable bonds is 7. The predicted octanol–water partition coefficient (Wildman–Crippen LogP) is 3.46. The fourth-order valence-corrected chi connectivity index (χ4v) is 3.87. The number of nitrogens with two attached hydrogens (primary N) is 1. The number of benzene rings is 2. The van der Waals surface area contributed by atoms with Gasteiger partial charge in [-0.2, -0.15) is 0 Å². The molecular weight excluding hydrogens is 368 g/mol. The van der Waals surface area contributed by atoms with Gasteiger partial charge in [0.2, 0.25) is 5.91 Å². The van der Waals surface area contributed by atoms with Crippen LogP contribution in [-0.2, 0) is 20.7 Å². The molecule has 0 spiro atoms. The molecule has 0 heterocycles. The molecule has 3 N–H and O–H groups in total. The Balaban J connectivity index is 1.59. The summed E-state index contributed by atoms with van der Waals surface area (Å²) in [7, 11) is 0. The van der Waals surface area contributed by atoms with Gasteiger partial charge in [-0.15, -0.1) is 0 Å². The predicted molar refractivity (Wildman–Crippen MR) is 110 cm³/mol. The highest BCUT2D eigenvalue weighted by atomic mass is 16.5. The van der Waals surface area contributed by atoms with E-state index in [0.29, 0.717) is 17.7 Å². The molecule has 1 aliphatic carbocycles. The summed E-state index contributed by atoms with van der Waals surface area (Å²) >= 11 is 0. The molecule has 2 amide bonds. The molecule has 1 aliphatic rings. The van der Waals surface area contributed by atoms with Gasteiger partial charge in [-0.1, -0.05) is 49.6 Å². The highest BCUT2D eigenvalue weighted by molar-refractivity contribution is 5.95. The Hall–Kier alpha value is -3.15. The van der Waals surface area contributed by atoms with E-state index in [9.17, 15) is 14.4 Å². The highest BCUT2D eigenvalue weighted by Gasteiger charge is 2.41. The third-order valence-electron chi connectivity index (χ3n) is 5.42. The third kappa shape index (κ3) is 5.44. The van der Waals surface area contributed by atoms with E-state index in [4.69, 9.17) is 10.5 Å². The van der Waals surface area contributed by atoms with Crippen molar-refractivity contribution in [1.82, 2.24) is 0 Å². The smallest absolute Gasteiger partial charge is 0.312 e. The number of carbonyl (C=O) groups excluding carboxylic acids is 3. The van der Waals surface area contributed by atoms with Crippen LogP contribution in [0.25, 0.3) is 0 Å². The lowest BCUT2D eigenvalue weighted by Crippen LogP contribution is -2.38. The maximum absolute atomic E-state index is 12.9. The van der Waals surface area contributed by atoms with E-state index in [0.717, 1.165) is 37.7 Å². The average molecular weight is 394 g/mol. The van der Waals surface area contributed by atoms with Crippen molar-refractivity contribution in [2.75, 3.05) is 11.9 Å². The maximum atomic E-state index is 12.9. The van der Waals surface area contributed by atoms with Gasteiger partial charge in [-0.05, 0) is 49.1 Å². The lowest BCUT2D eigenvalue weighted by Gasteiger charge is -2.35. The monoisotopic (exact) mass is 394 g/mol. The van der Waals surface area contributed by atoms with E-state index < -0.39 is 17.2 Å². The van der Waals surface area contributed by atoms with Gasteiger partial charge in [0.25, 0.3) is 5.91 Å². The second-order valence-electron chi connectivity index (χ2n) is 7.57. The molecule has 1 fully saturated rings. The number of ether oxygens (including phenoxy) is 1. The van der Waals surface area contributed by atoms with Crippen LogP contribution < -0.4 is 11.1 Å². The van der Waals surface area contributed by atoms with Crippen LogP contribution in [0.4, 0.5) is 5.69 Å². The standard InChI is InChI=1S/C23H26N2O4/c24-21(27)18-9-11-19(12-10-18)25-20(26)16-29-22(28)23(13-5-2-6-14-23)15-17-7-3-1-4-8-17/h1,3-4,7-12H,2,5-6,13-16H2,(H2,24,27)(H,25,26). The summed E-state index contributed by atoms with van der Waals surface area (Å²) in [4.78, 5) is 36.2. The Morgan fingerprint density at radius 3 is 2.21 bits per heavy atom. The summed E-state index contributed by atoms with van der Waals surface area (Å²) < 4.78 is 5.43. The molecule has 0 aliphatic heterocycles. The number of amides is 2. The molecule has 1 saturated carbocycles. The van der Waals surface area contributed by atoms with E-state index in [1.807, 2.05) is 30.3 Å². The molecule has 0 aromatic heterocycles. The number of anilines is 1. The van der Waals surface area contributed by atoms with Crippen molar-refractivity contribution in [2.24, 2.45) is 11.1 Å². The van der Waals surface area contributed by atoms with Crippen molar-refractivity contribution in [3.8, 4) is 0 Å². The number of hydrogen-bond acceptors (Lipinski definition) is 4. The van der Waals surface area contributed by atoms with E-state index in [1.165, 1.54) is 12.1 Å². The van der Waals surface area contributed by atoms with Crippen LogP contribution >= 0.6 is 0 Å². The minimum atomic E-state index is -0.566. The second-order valence-corrected chi connectivity index (χ2v) is 7.57. The van der Waals surface area contributed by atoms with Crippen LogP contribution in [-0.4, -0.2) is 24.4 Å². The van der Waals surface area contributed by atoms with Crippen molar-refractivity contribution in [3.63, 3.8) is 0 Å². The second kappa shape index (κ2) is 9.37. The average Bonchev–Trinajstić information content (AvgIpc) is 2.74. The topological polar surface area (TPSA) is 98.5 Å². The Bertz CT molecular complexity index is 856. The summed E-state index contributed by atoms with van der Waals surface area (Å²) in [6.45, 7) is -0.340. The fourth-order valence-electron chi connectivity index (χ4n) is 3.87. The SMILES string of the molecule is NC(=O)c1ccc(NC(=O)COC(=O)C2(Cc3ccccc3)CCCCC2)cc1. The lowest BCUT2D eigenvalue weighted by molar-refractivity contribution is -0.160. The molecule has 0 saturated heterocycles. The largest absolute Gasteiger partial charge is 0.455 e. The first kappa shape index (κ1) is 20.6. The zero-order valence-corrected chi connectivity index (χ0v) is 16.4. The summed E-state index contributed by atoms with van der Waals surface area (Å²) in [5.74, 6) is -1.26. The van der Waals surface area contributed by atoms with Gasteiger partial charge in [0.05, 0.1) is 5.41 Å². The molecule has 3 rings (SSSR count). The van der Waals surface area contributed by atoms with Crippen LogP contribution in [0.5, 0.6) is 0 Å². The third-order valence-corrected chi connectivity index (χ3v) is 5.42. The van der Waals surface area contributed by atoms with Crippen LogP contribution in [0, 0.1) is 5.41 Å². The Kier molecular flexibility index (Phi) is 6.65. The molecule has 0 unspecified atom stereocenters. The lowest BCUT2D eigenvalue weighted by atomic mass is 9.70. The normalized spacial score (nSPS) is 15.3. The van der Waals surface area contributed by atoms with Gasteiger partial charge in [0.15, 0.2) is 6.61 Å². The molecule has 0 bridgehead atoms. The van der Waals surface area contributed by atoms with Gasteiger partial charge in [-0.3, -0.25) is 14.4 Å². The first-order valence-electron chi connectivity index (χ1n) is 9.89. The van der Waals surface area contributed by atoms with E-state index in [-0.39, 0.29) is 12.6 Å². The van der Waals surface area contributed by atoms with Gasteiger partial charge in [0, 0.05) is 11.3 Å². The fraction of sp³-hybridized carbons (Fsp3) is 0.348. The minimum absolute atomic E-state index is 0.305. The molecule has 29 heavy (non-hydrogen) atoms. The Morgan fingerprint density at radius 1 is 0.931 bits per heavy atom. The van der Waals surface area contributed by atoms with Crippen LogP contribution in [0.3, 0.4) is 0 Å². The molecule has 0 atom stereocenters. The molecule has 152 valence electrons. The molecule has 2 aromatic rings. The first-order chi connectivity index (χ1) is 14.0. The van der Waals surface area contributed by atoms with Crippen LogP contribution in [0.15, 0.2) is 54.6 Å². The summed E-state index contributed by atoms with van der Waals surface area (Å²) in [6.07, 6.45) is 5.27. The number of nitrogens with one attached hydrogen (secondary N) is 1. The first-order valence-corrected chi connectivity index (χ1v) is 9.89. The number of carbonyl (C=O) groups is 3. The van der Waals surface area contributed by atoms with Crippen molar-refractivity contribution >= 4 is 23.5 Å².